The molecule has 1 aromatic carbocycles. The van der Waals surface area contributed by atoms with Gasteiger partial charge in [-0.3, -0.25) is 9.59 Å². The van der Waals surface area contributed by atoms with Crippen LogP contribution in [0.25, 0.3) is 6.08 Å². The molecule has 1 heterocycles. The standard InChI is InChI=1S/C17H17N3O2.HI/c1-13(21)18-16(12-14-8-10-20(2)11-9-14)17(22)19-15-6-4-3-5-7-15;/h3-12H,1-2H3,(H,19,22);1H. The van der Waals surface area contributed by atoms with Crippen LogP contribution < -0.4 is 39.2 Å². The summed E-state index contributed by atoms with van der Waals surface area (Å²) in [5, 5.41) is 5.32. The van der Waals surface area contributed by atoms with Gasteiger partial charge in [0, 0.05) is 24.7 Å². The van der Waals surface area contributed by atoms with Crippen LogP contribution in [0.15, 0.2) is 60.6 Å². The molecule has 120 valence electrons. The Balaban J connectivity index is 0.00000264. The van der Waals surface area contributed by atoms with E-state index in [0.29, 0.717) is 5.69 Å². The molecule has 0 aliphatic carbocycles. The number of halogens is 1. The number of aromatic nitrogens is 1. The molecule has 0 bridgehead atoms. The maximum atomic E-state index is 12.3. The van der Waals surface area contributed by atoms with E-state index in [1.807, 2.05) is 54.3 Å². The van der Waals surface area contributed by atoms with Crippen LogP contribution in [0.2, 0.25) is 0 Å². The van der Waals surface area contributed by atoms with Gasteiger partial charge >= 0.3 is 0 Å². The zero-order valence-electron chi connectivity index (χ0n) is 12.9. The van der Waals surface area contributed by atoms with Gasteiger partial charge in [-0.25, -0.2) is 4.57 Å². The van der Waals surface area contributed by atoms with Gasteiger partial charge in [-0.15, -0.1) is 0 Å². The molecule has 0 aliphatic rings. The number of pyridine rings is 1. The molecule has 1 aromatic heterocycles. The van der Waals surface area contributed by atoms with Crippen molar-refractivity contribution in [3.05, 3.63) is 66.1 Å². The molecule has 0 aliphatic heterocycles. The van der Waals surface area contributed by atoms with Crippen LogP contribution in [0.1, 0.15) is 12.5 Å². The summed E-state index contributed by atoms with van der Waals surface area (Å²) in [6.07, 6.45) is 5.37. The number of carbonyl (C=O) groups excluding carboxylic acids is 2. The molecule has 5 nitrogen and oxygen atoms in total. The number of nitrogens with zero attached hydrogens (tertiary/aromatic N) is 1. The average Bonchev–Trinajstić information content (AvgIpc) is 2.49. The highest BCUT2D eigenvalue weighted by atomic mass is 127. The lowest BCUT2D eigenvalue weighted by Crippen LogP contribution is -3.00. The smallest absolute Gasteiger partial charge is 0.272 e. The predicted molar refractivity (Wildman–Crippen MR) is 84.5 cm³/mol. The van der Waals surface area contributed by atoms with E-state index >= 15 is 0 Å². The van der Waals surface area contributed by atoms with E-state index in [1.54, 1.807) is 18.2 Å². The van der Waals surface area contributed by atoms with Crippen molar-refractivity contribution in [3.63, 3.8) is 0 Å². The largest absolute Gasteiger partial charge is 1.00 e. The van der Waals surface area contributed by atoms with Gasteiger partial charge in [-0.1, -0.05) is 18.2 Å². The average molecular weight is 423 g/mol. The highest BCUT2D eigenvalue weighted by molar-refractivity contribution is 6.08. The fourth-order valence-electron chi connectivity index (χ4n) is 1.84. The van der Waals surface area contributed by atoms with E-state index in [4.69, 9.17) is 0 Å². The van der Waals surface area contributed by atoms with Gasteiger partial charge < -0.3 is 34.6 Å². The monoisotopic (exact) mass is 423 g/mol. The zero-order valence-corrected chi connectivity index (χ0v) is 15.1. The third-order valence-corrected chi connectivity index (χ3v) is 2.90. The summed E-state index contributed by atoms with van der Waals surface area (Å²) in [4.78, 5) is 23.6. The Kier molecular flexibility index (Phi) is 7.40. The van der Waals surface area contributed by atoms with Crippen LogP contribution in [-0.4, -0.2) is 11.8 Å². The highest BCUT2D eigenvalue weighted by Crippen LogP contribution is 2.09. The second-order valence-electron chi connectivity index (χ2n) is 4.86. The second-order valence-corrected chi connectivity index (χ2v) is 4.86. The lowest BCUT2D eigenvalue weighted by Gasteiger charge is -2.09. The lowest BCUT2D eigenvalue weighted by atomic mass is 10.2. The minimum atomic E-state index is -0.366. The number of nitrogens with one attached hydrogen (secondary N) is 2. The van der Waals surface area contributed by atoms with Crippen LogP contribution in [0.4, 0.5) is 5.69 Å². The van der Waals surface area contributed by atoms with E-state index in [-0.39, 0.29) is 41.5 Å². The maximum Gasteiger partial charge on any atom is 0.272 e. The Morgan fingerprint density at radius 2 is 1.65 bits per heavy atom. The normalized spacial score (nSPS) is 10.4. The SMILES string of the molecule is CC(=O)N/C(=C\c1cc[n+](C)cc1)C(=O)Nc1ccccc1.[I-]. The quantitative estimate of drug-likeness (QED) is 0.362. The molecule has 0 saturated carbocycles. The Hall–Kier alpha value is -2.22. The summed E-state index contributed by atoms with van der Waals surface area (Å²) in [5.41, 5.74) is 1.69. The van der Waals surface area contributed by atoms with E-state index < -0.39 is 0 Å². The van der Waals surface area contributed by atoms with E-state index in [0.717, 1.165) is 5.56 Å². The first kappa shape index (κ1) is 18.8. The molecule has 23 heavy (non-hydrogen) atoms. The molecule has 0 spiro atoms. The molecule has 2 N–H and O–H groups in total. The van der Waals surface area contributed by atoms with Crippen molar-refractivity contribution < 1.29 is 38.1 Å². The number of hydrogen-bond acceptors (Lipinski definition) is 2. The topological polar surface area (TPSA) is 62.1 Å². The minimum Gasteiger partial charge on any atom is -1.00 e. The van der Waals surface area contributed by atoms with E-state index in [2.05, 4.69) is 10.6 Å². The van der Waals surface area contributed by atoms with Crippen molar-refractivity contribution in [3.8, 4) is 0 Å². The maximum absolute atomic E-state index is 12.3. The number of anilines is 1. The van der Waals surface area contributed by atoms with E-state index in [9.17, 15) is 9.59 Å². The summed E-state index contributed by atoms with van der Waals surface area (Å²) in [6, 6.07) is 12.8. The summed E-state index contributed by atoms with van der Waals surface area (Å²) in [7, 11) is 1.91. The molecule has 0 unspecified atom stereocenters. The Bertz CT molecular complexity index is 698. The first-order chi connectivity index (χ1) is 10.5. The molecule has 0 atom stereocenters. The molecule has 0 radical (unpaired) electrons. The molecule has 6 heteroatoms. The third kappa shape index (κ3) is 6.19. The number of benzene rings is 1. The van der Waals surface area contributed by atoms with Crippen molar-refractivity contribution in [2.24, 2.45) is 7.05 Å². The molecule has 0 saturated heterocycles. The van der Waals surface area contributed by atoms with Gasteiger partial charge in [0.2, 0.25) is 5.91 Å². The summed E-state index contributed by atoms with van der Waals surface area (Å²) in [5.74, 6) is -0.662. The van der Waals surface area contributed by atoms with Crippen LogP contribution in [-0.2, 0) is 16.6 Å². The highest BCUT2D eigenvalue weighted by Gasteiger charge is 2.11. The van der Waals surface area contributed by atoms with Crippen LogP contribution in [0.5, 0.6) is 0 Å². The van der Waals surface area contributed by atoms with Gasteiger partial charge in [0.1, 0.15) is 12.7 Å². The number of rotatable bonds is 4. The van der Waals surface area contributed by atoms with Gasteiger partial charge in [-0.05, 0) is 23.8 Å². The fourth-order valence-corrected chi connectivity index (χ4v) is 1.84. The Labute approximate surface area is 152 Å². The molecule has 0 fully saturated rings. The van der Waals surface area contributed by atoms with Gasteiger partial charge in [0.15, 0.2) is 12.4 Å². The number of aryl methyl sites for hydroxylation is 1. The van der Waals surface area contributed by atoms with Crippen molar-refractivity contribution in [1.29, 1.82) is 0 Å². The molecular formula is C17H18IN3O2. The van der Waals surface area contributed by atoms with Crippen molar-refractivity contribution in [2.75, 3.05) is 5.32 Å². The van der Waals surface area contributed by atoms with Gasteiger partial charge in [0.05, 0.1) is 0 Å². The summed E-state index contributed by atoms with van der Waals surface area (Å²) < 4.78 is 1.89. The first-order valence-corrected chi connectivity index (χ1v) is 6.85. The zero-order chi connectivity index (χ0) is 15.9. The number of amides is 2. The number of para-hydroxylation sites is 1. The molecule has 2 aromatic rings. The Morgan fingerprint density at radius 1 is 1.04 bits per heavy atom. The minimum absolute atomic E-state index is 0. The summed E-state index contributed by atoms with van der Waals surface area (Å²) in [6.45, 7) is 1.37. The predicted octanol–water partition coefficient (Wildman–Crippen LogP) is -1.37. The second kappa shape index (κ2) is 9.04. The van der Waals surface area contributed by atoms with Crippen molar-refractivity contribution in [1.82, 2.24) is 5.32 Å². The third-order valence-electron chi connectivity index (χ3n) is 2.90. The fraction of sp³-hybridized carbons (Fsp3) is 0.118. The molecule has 2 rings (SSSR count). The van der Waals surface area contributed by atoms with Crippen LogP contribution >= 0.6 is 0 Å². The van der Waals surface area contributed by atoms with E-state index in [1.165, 1.54) is 6.92 Å². The molecular weight excluding hydrogens is 405 g/mol. The van der Waals surface area contributed by atoms with Gasteiger partial charge in [-0.2, -0.15) is 0 Å². The van der Waals surface area contributed by atoms with Crippen molar-refractivity contribution >= 4 is 23.6 Å². The lowest BCUT2D eigenvalue weighted by molar-refractivity contribution is -0.671. The number of carbonyl (C=O) groups is 2. The van der Waals surface area contributed by atoms with Crippen molar-refractivity contribution in [2.45, 2.75) is 6.92 Å². The molecule has 2 amide bonds. The van der Waals surface area contributed by atoms with Crippen LogP contribution in [0.3, 0.4) is 0 Å². The van der Waals surface area contributed by atoms with Gasteiger partial charge in [0.25, 0.3) is 5.91 Å². The first-order valence-electron chi connectivity index (χ1n) is 6.85. The van der Waals surface area contributed by atoms with Crippen LogP contribution in [0, 0.1) is 0 Å². The Morgan fingerprint density at radius 3 is 2.22 bits per heavy atom. The summed E-state index contributed by atoms with van der Waals surface area (Å²) >= 11 is 0. The number of hydrogen-bond donors (Lipinski definition) is 2.